The van der Waals surface area contributed by atoms with E-state index in [2.05, 4.69) is 15.5 Å². The molecular formula is C14H24N4O. The maximum Gasteiger partial charge on any atom is 0.229 e. The van der Waals surface area contributed by atoms with Gasteiger partial charge in [-0.1, -0.05) is 32.6 Å². The zero-order valence-corrected chi connectivity index (χ0v) is 11.6. The number of nitrogens with one attached hydrogen (secondary N) is 2. The van der Waals surface area contributed by atoms with Crippen LogP contribution in [0.5, 0.6) is 0 Å². The minimum Gasteiger partial charge on any atom is -0.330 e. The Hall–Kier alpha value is -1.36. The van der Waals surface area contributed by atoms with Gasteiger partial charge in [0.25, 0.3) is 0 Å². The van der Waals surface area contributed by atoms with Gasteiger partial charge in [-0.25, -0.2) is 0 Å². The summed E-state index contributed by atoms with van der Waals surface area (Å²) in [5, 5.41) is 10.1. The van der Waals surface area contributed by atoms with Gasteiger partial charge >= 0.3 is 0 Å². The van der Waals surface area contributed by atoms with Crippen LogP contribution in [0.25, 0.3) is 0 Å². The molecule has 1 aliphatic rings. The van der Waals surface area contributed by atoms with Gasteiger partial charge in [0.2, 0.25) is 5.91 Å². The summed E-state index contributed by atoms with van der Waals surface area (Å²) in [6.07, 6.45) is 7.68. The molecule has 1 amide bonds. The minimum absolute atomic E-state index is 0.0681. The topological polar surface area (TPSA) is 83.8 Å². The highest BCUT2D eigenvalue weighted by atomic mass is 16.1. The number of aromatic amines is 1. The largest absolute Gasteiger partial charge is 0.330 e. The van der Waals surface area contributed by atoms with Crippen LogP contribution >= 0.6 is 0 Å². The molecule has 106 valence electrons. The first kappa shape index (κ1) is 14.1. The second-order valence-corrected chi connectivity index (χ2v) is 5.52. The van der Waals surface area contributed by atoms with E-state index in [-0.39, 0.29) is 11.8 Å². The van der Waals surface area contributed by atoms with Crippen LogP contribution in [0.3, 0.4) is 0 Å². The predicted molar refractivity (Wildman–Crippen MR) is 75.9 cm³/mol. The summed E-state index contributed by atoms with van der Waals surface area (Å²) >= 11 is 0. The summed E-state index contributed by atoms with van der Waals surface area (Å²) in [6.45, 7) is 2.17. The van der Waals surface area contributed by atoms with Crippen molar-refractivity contribution in [2.45, 2.75) is 51.4 Å². The molecule has 19 heavy (non-hydrogen) atoms. The molecule has 1 atom stereocenters. The number of amides is 1. The first-order valence-electron chi connectivity index (χ1n) is 7.27. The van der Waals surface area contributed by atoms with Gasteiger partial charge in [0, 0.05) is 30.1 Å². The van der Waals surface area contributed by atoms with Gasteiger partial charge in [-0.3, -0.25) is 9.89 Å². The van der Waals surface area contributed by atoms with E-state index in [1.165, 1.54) is 38.5 Å². The predicted octanol–water partition coefficient (Wildman–Crippen LogP) is 2.38. The molecule has 0 aromatic carbocycles. The van der Waals surface area contributed by atoms with Crippen LogP contribution in [0.15, 0.2) is 6.07 Å². The Kier molecular flexibility index (Phi) is 4.96. The SMILES string of the molecule is CC(CN)C(=O)Nc1cc(C2CCCCCC2)[nH]n1. The Bertz CT molecular complexity index is 407. The molecule has 4 N–H and O–H groups in total. The minimum atomic E-state index is -0.182. The lowest BCUT2D eigenvalue weighted by Gasteiger charge is -2.10. The third-order valence-electron chi connectivity index (χ3n) is 3.95. The Labute approximate surface area is 114 Å². The van der Waals surface area contributed by atoms with E-state index in [1.54, 1.807) is 0 Å². The van der Waals surface area contributed by atoms with Crippen LogP contribution in [0.4, 0.5) is 5.82 Å². The van der Waals surface area contributed by atoms with Crippen LogP contribution in [-0.2, 0) is 4.79 Å². The monoisotopic (exact) mass is 264 g/mol. The summed E-state index contributed by atoms with van der Waals surface area (Å²) in [5.41, 5.74) is 6.63. The molecule has 1 aromatic rings. The standard InChI is InChI=1S/C14H24N4O/c1-10(9-15)14(19)16-13-8-12(17-18-13)11-6-4-2-3-5-7-11/h8,10-11H,2-7,9,15H2,1H3,(H2,16,17,18,19). The lowest BCUT2D eigenvalue weighted by molar-refractivity contribution is -0.119. The number of carbonyl (C=O) groups excluding carboxylic acids is 1. The second kappa shape index (κ2) is 6.70. The maximum atomic E-state index is 11.7. The summed E-state index contributed by atoms with van der Waals surface area (Å²) < 4.78 is 0. The highest BCUT2D eigenvalue weighted by Crippen LogP contribution is 2.31. The van der Waals surface area contributed by atoms with E-state index in [9.17, 15) is 4.79 Å². The van der Waals surface area contributed by atoms with E-state index in [1.807, 2.05) is 13.0 Å². The summed E-state index contributed by atoms with van der Waals surface area (Å²) in [4.78, 5) is 11.7. The molecular weight excluding hydrogens is 240 g/mol. The third kappa shape index (κ3) is 3.80. The Morgan fingerprint density at radius 2 is 2.16 bits per heavy atom. The molecule has 0 radical (unpaired) electrons. The molecule has 0 spiro atoms. The molecule has 1 unspecified atom stereocenters. The fourth-order valence-corrected chi connectivity index (χ4v) is 2.56. The normalized spacial score (nSPS) is 18.8. The smallest absolute Gasteiger partial charge is 0.229 e. The first-order valence-corrected chi connectivity index (χ1v) is 7.27. The lowest BCUT2D eigenvalue weighted by Crippen LogP contribution is -2.26. The number of nitrogens with zero attached hydrogens (tertiary/aromatic N) is 1. The lowest BCUT2D eigenvalue weighted by atomic mass is 9.97. The number of rotatable bonds is 4. The van der Waals surface area contributed by atoms with Crippen LogP contribution in [-0.4, -0.2) is 22.6 Å². The molecule has 5 nitrogen and oxygen atoms in total. The summed E-state index contributed by atoms with van der Waals surface area (Å²) in [7, 11) is 0. The zero-order chi connectivity index (χ0) is 13.7. The highest BCUT2D eigenvalue weighted by molar-refractivity contribution is 5.91. The number of hydrogen-bond donors (Lipinski definition) is 3. The van der Waals surface area contributed by atoms with Gasteiger partial charge in [-0.05, 0) is 12.8 Å². The molecule has 1 saturated carbocycles. The first-order chi connectivity index (χ1) is 9.20. The van der Waals surface area contributed by atoms with E-state index >= 15 is 0 Å². The number of H-pyrrole nitrogens is 1. The fourth-order valence-electron chi connectivity index (χ4n) is 2.56. The molecule has 0 saturated heterocycles. The van der Waals surface area contributed by atoms with Gasteiger partial charge in [0.15, 0.2) is 5.82 Å². The van der Waals surface area contributed by atoms with Crippen LogP contribution in [0.2, 0.25) is 0 Å². The molecule has 5 heteroatoms. The van der Waals surface area contributed by atoms with E-state index in [0.29, 0.717) is 18.3 Å². The van der Waals surface area contributed by atoms with E-state index in [4.69, 9.17) is 5.73 Å². The van der Waals surface area contributed by atoms with Crippen molar-refractivity contribution in [2.75, 3.05) is 11.9 Å². The number of hydrogen-bond acceptors (Lipinski definition) is 3. The van der Waals surface area contributed by atoms with Gasteiger partial charge < -0.3 is 11.1 Å². The van der Waals surface area contributed by atoms with Crippen molar-refractivity contribution in [2.24, 2.45) is 11.7 Å². The maximum absolute atomic E-state index is 11.7. The summed E-state index contributed by atoms with van der Waals surface area (Å²) in [5.74, 6) is 0.927. The average Bonchev–Trinajstić information content (AvgIpc) is 2.71. The molecule has 2 rings (SSSR count). The molecule has 0 bridgehead atoms. The molecule has 1 aromatic heterocycles. The number of aromatic nitrogens is 2. The van der Waals surface area contributed by atoms with Crippen molar-refractivity contribution < 1.29 is 4.79 Å². The van der Waals surface area contributed by atoms with E-state index < -0.39 is 0 Å². The molecule has 1 aliphatic carbocycles. The van der Waals surface area contributed by atoms with Crippen LogP contribution < -0.4 is 11.1 Å². The molecule has 1 heterocycles. The Morgan fingerprint density at radius 3 is 2.79 bits per heavy atom. The quantitative estimate of drug-likeness (QED) is 0.730. The van der Waals surface area contributed by atoms with E-state index in [0.717, 1.165) is 5.69 Å². The highest BCUT2D eigenvalue weighted by Gasteiger charge is 2.18. The summed E-state index contributed by atoms with van der Waals surface area (Å²) in [6, 6.07) is 1.97. The van der Waals surface area contributed by atoms with Crippen molar-refractivity contribution in [3.05, 3.63) is 11.8 Å². The van der Waals surface area contributed by atoms with Crippen molar-refractivity contribution in [3.63, 3.8) is 0 Å². The Balaban J connectivity index is 1.96. The van der Waals surface area contributed by atoms with Gasteiger partial charge in [-0.2, -0.15) is 5.10 Å². The molecule has 0 aliphatic heterocycles. The third-order valence-corrected chi connectivity index (χ3v) is 3.95. The van der Waals surface area contributed by atoms with Crippen molar-refractivity contribution in [3.8, 4) is 0 Å². The number of anilines is 1. The van der Waals surface area contributed by atoms with Gasteiger partial charge in [0.05, 0.1) is 0 Å². The van der Waals surface area contributed by atoms with Crippen LogP contribution in [0.1, 0.15) is 57.1 Å². The van der Waals surface area contributed by atoms with Crippen molar-refractivity contribution >= 4 is 11.7 Å². The second-order valence-electron chi connectivity index (χ2n) is 5.52. The van der Waals surface area contributed by atoms with Crippen molar-refractivity contribution in [1.29, 1.82) is 0 Å². The number of carbonyl (C=O) groups is 1. The number of nitrogens with two attached hydrogens (primary N) is 1. The fraction of sp³-hybridized carbons (Fsp3) is 0.714. The van der Waals surface area contributed by atoms with Crippen molar-refractivity contribution in [1.82, 2.24) is 10.2 Å². The Morgan fingerprint density at radius 1 is 1.47 bits per heavy atom. The van der Waals surface area contributed by atoms with Crippen LogP contribution in [0, 0.1) is 5.92 Å². The average molecular weight is 264 g/mol. The van der Waals surface area contributed by atoms with Gasteiger partial charge in [-0.15, -0.1) is 0 Å². The molecule has 1 fully saturated rings. The zero-order valence-electron chi connectivity index (χ0n) is 11.6. The van der Waals surface area contributed by atoms with Gasteiger partial charge in [0.1, 0.15) is 0 Å².